The molecule has 0 bridgehead atoms. The lowest BCUT2D eigenvalue weighted by Gasteiger charge is -2.39. The Morgan fingerprint density at radius 2 is 1.60 bits per heavy atom. The first-order valence-electron chi connectivity index (χ1n) is 12.7. The molecule has 0 atom stereocenters. The van der Waals surface area contributed by atoms with Crippen LogP contribution >= 0.6 is 0 Å². The van der Waals surface area contributed by atoms with Gasteiger partial charge in [0.05, 0.1) is 0 Å². The molecule has 6 rings (SSSR count). The van der Waals surface area contributed by atoms with E-state index < -0.39 is 0 Å². The highest BCUT2D eigenvalue weighted by molar-refractivity contribution is 5.88. The van der Waals surface area contributed by atoms with Gasteiger partial charge in [-0.15, -0.1) is 0 Å². The molecule has 0 radical (unpaired) electrons. The molecular weight excluding hydrogens is 436 g/mol. The fourth-order valence-corrected chi connectivity index (χ4v) is 5.71. The van der Waals surface area contributed by atoms with Crippen molar-refractivity contribution in [1.29, 1.82) is 0 Å². The van der Waals surface area contributed by atoms with E-state index in [-0.39, 0.29) is 0 Å². The lowest BCUT2D eigenvalue weighted by molar-refractivity contribution is 0.132. The number of nitrogens with zero attached hydrogens (tertiary/aromatic N) is 4. The van der Waals surface area contributed by atoms with Gasteiger partial charge in [-0.25, -0.2) is 9.50 Å². The third kappa shape index (κ3) is 4.49. The van der Waals surface area contributed by atoms with Crippen molar-refractivity contribution in [3.05, 3.63) is 72.7 Å². The van der Waals surface area contributed by atoms with E-state index >= 15 is 0 Å². The Hall–Kier alpha value is -3.42. The monoisotopic (exact) mass is 468 g/mol. The standard InChI is InChI=1S/C28H32N6O/c29-28-27-25(20-8-12-24(13-9-20)35-23-4-2-1-3-5-23)18-26(34(27)32-19-31-28)21-6-10-22(11-7-21)33-16-14-30-15-17-33/h1-5,8-9,12-13,18-19,21-22,30H,6-7,10-11,14-17H2,(H2,29,31,32)/t21-,22-. The predicted molar refractivity (Wildman–Crippen MR) is 139 cm³/mol. The topological polar surface area (TPSA) is 80.7 Å². The van der Waals surface area contributed by atoms with Crippen molar-refractivity contribution in [2.75, 3.05) is 31.9 Å². The Kier molecular flexibility index (Phi) is 6.10. The number of fused-ring (bicyclic) bond motifs is 1. The lowest BCUT2D eigenvalue weighted by Crippen LogP contribution is -2.49. The molecule has 2 aromatic heterocycles. The van der Waals surface area contributed by atoms with Crippen molar-refractivity contribution in [2.24, 2.45) is 0 Å². The maximum absolute atomic E-state index is 6.38. The molecular formula is C28H32N6O. The molecule has 180 valence electrons. The SMILES string of the molecule is Nc1ncnn2c1c(-c1ccc(Oc3ccccc3)cc1)cc2[C@H]1CC[C@H](N2CCNCC2)CC1. The van der Waals surface area contributed by atoms with E-state index in [0.29, 0.717) is 17.8 Å². The fourth-order valence-electron chi connectivity index (χ4n) is 5.71. The van der Waals surface area contributed by atoms with Gasteiger partial charge in [0.1, 0.15) is 23.3 Å². The number of nitrogens with two attached hydrogens (primary N) is 1. The average molecular weight is 469 g/mol. The Labute approximate surface area is 205 Å². The van der Waals surface area contributed by atoms with Crippen LogP contribution in [0.4, 0.5) is 5.82 Å². The van der Waals surface area contributed by atoms with E-state index in [1.54, 1.807) is 6.33 Å². The Balaban J connectivity index is 1.26. The van der Waals surface area contributed by atoms with E-state index in [2.05, 4.69) is 38.5 Å². The highest BCUT2D eigenvalue weighted by Crippen LogP contribution is 2.40. The highest BCUT2D eigenvalue weighted by atomic mass is 16.5. The number of ether oxygens (including phenoxy) is 1. The first-order chi connectivity index (χ1) is 17.3. The number of hydrogen-bond donors (Lipinski definition) is 2. The van der Waals surface area contributed by atoms with Gasteiger partial charge in [-0.2, -0.15) is 5.10 Å². The molecule has 4 aromatic rings. The van der Waals surface area contributed by atoms with E-state index in [1.807, 2.05) is 47.0 Å². The summed E-state index contributed by atoms with van der Waals surface area (Å²) in [6.45, 7) is 4.55. The molecule has 0 unspecified atom stereocenters. The summed E-state index contributed by atoms with van der Waals surface area (Å²) in [6.07, 6.45) is 6.39. The number of piperazine rings is 1. The quantitative estimate of drug-likeness (QED) is 0.442. The molecule has 0 amide bonds. The van der Waals surface area contributed by atoms with Crippen LogP contribution in [-0.4, -0.2) is 51.7 Å². The maximum Gasteiger partial charge on any atom is 0.151 e. The van der Waals surface area contributed by atoms with Crippen LogP contribution in [0.5, 0.6) is 11.5 Å². The third-order valence-corrected chi connectivity index (χ3v) is 7.54. The zero-order chi connectivity index (χ0) is 23.6. The van der Waals surface area contributed by atoms with Gasteiger partial charge < -0.3 is 15.8 Å². The van der Waals surface area contributed by atoms with Crippen LogP contribution in [0.3, 0.4) is 0 Å². The minimum Gasteiger partial charge on any atom is -0.457 e. The van der Waals surface area contributed by atoms with Crippen LogP contribution < -0.4 is 15.8 Å². The van der Waals surface area contributed by atoms with E-state index in [4.69, 9.17) is 10.5 Å². The van der Waals surface area contributed by atoms with Crippen LogP contribution in [0.2, 0.25) is 0 Å². The Morgan fingerprint density at radius 1 is 0.886 bits per heavy atom. The predicted octanol–water partition coefficient (Wildman–Crippen LogP) is 4.70. The highest BCUT2D eigenvalue weighted by Gasteiger charge is 2.30. The molecule has 1 aliphatic carbocycles. The molecule has 1 aliphatic heterocycles. The average Bonchev–Trinajstić information content (AvgIpc) is 3.31. The van der Waals surface area contributed by atoms with Gasteiger partial charge >= 0.3 is 0 Å². The number of nitrogen functional groups attached to an aromatic ring is 1. The number of anilines is 1. The number of aromatic nitrogens is 3. The van der Waals surface area contributed by atoms with Crippen LogP contribution in [0, 0.1) is 0 Å². The van der Waals surface area contributed by atoms with Crippen molar-refractivity contribution < 1.29 is 4.74 Å². The van der Waals surface area contributed by atoms with Gasteiger partial charge in [0.2, 0.25) is 0 Å². The minimum atomic E-state index is 0.477. The summed E-state index contributed by atoms with van der Waals surface area (Å²) in [5.74, 6) is 2.62. The first kappa shape index (κ1) is 22.1. The van der Waals surface area contributed by atoms with Crippen LogP contribution in [0.15, 0.2) is 67.0 Å². The summed E-state index contributed by atoms with van der Waals surface area (Å²) in [7, 11) is 0. The van der Waals surface area contributed by atoms with E-state index in [0.717, 1.165) is 41.2 Å². The number of hydrogen-bond acceptors (Lipinski definition) is 6. The zero-order valence-corrected chi connectivity index (χ0v) is 19.9. The molecule has 2 aromatic carbocycles. The van der Waals surface area contributed by atoms with Crippen LogP contribution in [0.25, 0.3) is 16.6 Å². The number of nitrogens with one attached hydrogen (secondary N) is 1. The molecule has 1 saturated carbocycles. The first-order valence-corrected chi connectivity index (χ1v) is 12.7. The van der Waals surface area contributed by atoms with Crippen molar-refractivity contribution >= 4 is 11.3 Å². The maximum atomic E-state index is 6.38. The lowest BCUT2D eigenvalue weighted by atomic mass is 9.83. The zero-order valence-electron chi connectivity index (χ0n) is 19.9. The summed E-state index contributed by atoms with van der Waals surface area (Å²) in [5.41, 5.74) is 10.7. The summed E-state index contributed by atoms with van der Waals surface area (Å²) >= 11 is 0. The Bertz CT molecular complexity index is 1270. The van der Waals surface area contributed by atoms with Crippen LogP contribution in [-0.2, 0) is 0 Å². The molecule has 7 heteroatoms. The Morgan fingerprint density at radius 3 is 2.34 bits per heavy atom. The minimum absolute atomic E-state index is 0.477. The molecule has 3 N–H and O–H groups in total. The second kappa shape index (κ2) is 9.68. The van der Waals surface area contributed by atoms with Gasteiger partial charge in [-0.05, 0) is 61.6 Å². The summed E-state index contributed by atoms with van der Waals surface area (Å²) in [5, 5.41) is 8.10. The normalized spacial score (nSPS) is 21.3. The largest absolute Gasteiger partial charge is 0.457 e. The fraction of sp³-hybridized carbons (Fsp3) is 0.357. The molecule has 0 spiro atoms. The van der Waals surface area contributed by atoms with Crippen LogP contribution in [0.1, 0.15) is 37.3 Å². The molecule has 1 saturated heterocycles. The third-order valence-electron chi connectivity index (χ3n) is 7.54. The van der Waals surface area contributed by atoms with E-state index in [1.165, 1.54) is 44.5 Å². The number of para-hydroxylation sites is 1. The smallest absolute Gasteiger partial charge is 0.151 e. The molecule has 35 heavy (non-hydrogen) atoms. The number of rotatable bonds is 5. The van der Waals surface area contributed by atoms with Gasteiger partial charge in [-0.1, -0.05) is 30.3 Å². The van der Waals surface area contributed by atoms with Crippen molar-refractivity contribution in [3.8, 4) is 22.6 Å². The molecule has 7 nitrogen and oxygen atoms in total. The number of benzene rings is 2. The summed E-state index contributed by atoms with van der Waals surface area (Å²) in [6, 6.07) is 21.0. The van der Waals surface area contributed by atoms with Crippen molar-refractivity contribution in [2.45, 2.75) is 37.6 Å². The molecule has 2 fully saturated rings. The van der Waals surface area contributed by atoms with Gasteiger partial charge in [0.15, 0.2) is 5.82 Å². The second-order valence-corrected chi connectivity index (χ2v) is 9.62. The van der Waals surface area contributed by atoms with Crippen molar-refractivity contribution in [1.82, 2.24) is 24.8 Å². The van der Waals surface area contributed by atoms with Gasteiger partial charge in [0, 0.05) is 49.4 Å². The summed E-state index contributed by atoms with van der Waals surface area (Å²) in [4.78, 5) is 6.98. The molecule has 2 aliphatic rings. The van der Waals surface area contributed by atoms with Gasteiger partial charge in [0.25, 0.3) is 0 Å². The van der Waals surface area contributed by atoms with Crippen molar-refractivity contribution in [3.63, 3.8) is 0 Å². The molecule has 3 heterocycles. The summed E-state index contributed by atoms with van der Waals surface area (Å²) < 4.78 is 8.01. The van der Waals surface area contributed by atoms with E-state index in [9.17, 15) is 0 Å². The van der Waals surface area contributed by atoms with Gasteiger partial charge in [-0.3, -0.25) is 4.90 Å². The second-order valence-electron chi connectivity index (χ2n) is 9.62.